The molecule has 1 aromatic carbocycles. The van der Waals surface area contributed by atoms with E-state index in [2.05, 4.69) is 9.88 Å². The van der Waals surface area contributed by atoms with Crippen LogP contribution in [0.5, 0.6) is 5.75 Å². The molecule has 0 aliphatic carbocycles. The number of carbonyl (C=O) groups is 1. The summed E-state index contributed by atoms with van der Waals surface area (Å²) in [5.74, 6) is 0.767. The van der Waals surface area contributed by atoms with Crippen LogP contribution in [0.1, 0.15) is 36.0 Å². The number of aromatic nitrogens is 1. The largest absolute Gasteiger partial charge is 0.495 e. The van der Waals surface area contributed by atoms with Crippen molar-refractivity contribution in [2.45, 2.75) is 30.6 Å². The van der Waals surface area contributed by atoms with Crippen LogP contribution in [-0.2, 0) is 10.0 Å². The predicted molar refractivity (Wildman–Crippen MR) is 128 cm³/mol. The Morgan fingerprint density at radius 1 is 1.00 bits per heavy atom. The minimum Gasteiger partial charge on any atom is -0.495 e. The topological polar surface area (TPSA) is 83.0 Å². The fraction of sp³-hybridized carbons (Fsp3) is 0.478. The van der Waals surface area contributed by atoms with Crippen LogP contribution < -0.4 is 9.64 Å². The number of ether oxygens (including phenoxy) is 1. The van der Waals surface area contributed by atoms with E-state index in [4.69, 9.17) is 16.3 Å². The van der Waals surface area contributed by atoms with Crippen LogP contribution in [0, 0.1) is 0 Å². The lowest BCUT2D eigenvalue weighted by Crippen LogP contribution is -2.49. The molecule has 2 aliphatic rings. The maximum Gasteiger partial charge on any atom is 0.254 e. The molecule has 4 rings (SSSR count). The number of rotatable bonds is 5. The number of hydrogen-bond acceptors (Lipinski definition) is 6. The van der Waals surface area contributed by atoms with E-state index >= 15 is 0 Å². The lowest BCUT2D eigenvalue weighted by Gasteiger charge is -2.35. The zero-order valence-corrected chi connectivity index (χ0v) is 20.3. The van der Waals surface area contributed by atoms with Crippen LogP contribution in [0.25, 0.3) is 0 Å². The molecule has 2 aromatic rings. The van der Waals surface area contributed by atoms with Gasteiger partial charge in [0.1, 0.15) is 16.5 Å². The van der Waals surface area contributed by atoms with E-state index in [1.54, 1.807) is 35.4 Å². The Morgan fingerprint density at radius 2 is 1.70 bits per heavy atom. The van der Waals surface area contributed by atoms with Gasteiger partial charge in [-0.05, 0) is 43.2 Å². The predicted octanol–water partition coefficient (Wildman–Crippen LogP) is 3.27. The van der Waals surface area contributed by atoms with Gasteiger partial charge in [-0.15, -0.1) is 0 Å². The minimum atomic E-state index is -3.76. The fourth-order valence-electron chi connectivity index (χ4n) is 4.35. The van der Waals surface area contributed by atoms with Gasteiger partial charge in [-0.1, -0.05) is 24.4 Å². The Balaban J connectivity index is 1.52. The Bertz CT molecular complexity index is 1100. The Hall–Kier alpha value is -2.36. The van der Waals surface area contributed by atoms with E-state index in [9.17, 15) is 13.2 Å². The Kier molecular flexibility index (Phi) is 7.41. The molecule has 2 saturated heterocycles. The second-order valence-electron chi connectivity index (χ2n) is 8.27. The summed E-state index contributed by atoms with van der Waals surface area (Å²) in [4.78, 5) is 21.4. The van der Waals surface area contributed by atoms with E-state index in [-0.39, 0.29) is 16.6 Å². The van der Waals surface area contributed by atoms with Crippen LogP contribution in [0.2, 0.25) is 5.02 Å². The summed E-state index contributed by atoms with van der Waals surface area (Å²) >= 11 is 6.26. The second kappa shape index (κ2) is 10.3. The number of nitrogens with zero attached hydrogens (tertiary/aromatic N) is 4. The molecule has 0 bridgehead atoms. The van der Waals surface area contributed by atoms with Crippen LogP contribution in [0.3, 0.4) is 0 Å². The zero-order chi connectivity index (χ0) is 23.4. The van der Waals surface area contributed by atoms with Crippen LogP contribution in [0.15, 0.2) is 41.4 Å². The average molecular weight is 493 g/mol. The highest BCUT2D eigenvalue weighted by Crippen LogP contribution is 2.30. The highest BCUT2D eigenvalue weighted by atomic mass is 35.5. The van der Waals surface area contributed by atoms with Crippen molar-refractivity contribution in [2.24, 2.45) is 0 Å². The number of methoxy groups -OCH3 is 1. The number of piperazine rings is 1. The molecule has 0 spiro atoms. The molecule has 3 heterocycles. The van der Waals surface area contributed by atoms with Crippen LogP contribution in [-0.4, -0.2) is 74.9 Å². The van der Waals surface area contributed by atoms with Crippen molar-refractivity contribution in [1.82, 2.24) is 14.2 Å². The fourth-order valence-corrected chi connectivity index (χ4v) is 6.29. The molecule has 0 saturated carbocycles. The van der Waals surface area contributed by atoms with Gasteiger partial charge in [-0.2, -0.15) is 4.31 Å². The van der Waals surface area contributed by atoms with E-state index < -0.39 is 10.0 Å². The minimum absolute atomic E-state index is 0.0525. The van der Waals surface area contributed by atoms with Gasteiger partial charge in [0, 0.05) is 51.0 Å². The molecular formula is C23H29ClN4O4S. The number of hydrogen-bond donors (Lipinski definition) is 0. The third kappa shape index (κ3) is 5.10. The molecule has 2 fully saturated rings. The first-order chi connectivity index (χ1) is 15.9. The molecule has 0 N–H and O–H groups in total. The van der Waals surface area contributed by atoms with Crippen molar-refractivity contribution in [3.63, 3.8) is 0 Å². The van der Waals surface area contributed by atoms with Crippen molar-refractivity contribution in [3.05, 3.63) is 47.1 Å². The van der Waals surface area contributed by atoms with Crippen molar-refractivity contribution in [1.29, 1.82) is 0 Å². The Morgan fingerprint density at radius 3 is 2.33 bits per heavy atom. The molecule has 0 unspecified atom stereocenters. The quantitative estimate of drug-likeness (QED) is 0.637. The normalized spacial score (nSPS) is 18.1. The number of sulfonamides is 1. The lowest BCUT2D eigenvalue weighted by atomic mass is 10.1. The first kappa shape index (κ1) is 23.8. The van der Waals surface area contributed by atoms with Crippen LogP contribution >= 0.6 is 11.6 Å². The number of amides is 1. The summed E-state index contributed by atoms with van der Waals surface area (Å²) < 4.78 is 33.7. The zero-order valence-electron chi connectivity index (χ0n) is 18.7. The van der Waals surface area contributed by atoms with Gasteiger partial charge in [0.25, 0.3) is 5.91 Å². The van der Waals surface area contributed by atoms with E-state index in [0.29, 0.717) is 55.7 Å². The van der Waals surface area contributed by atoms with Gasteiger partial charge < -0.3 is 14.5 Å². The monoisotopic (exact) mass is 492 g/mol. The van der Waals surface area contributed by atoms with Crippen molar-refractivity contribution >= 4 is 33.3 Å². The van der Waals surface area contributed by atoms with E-state index in [0.717, 1.165) is 25.7 Å². The summed E-state index contributed by atoms with van der Waals surface area (Å²) in [5.41, 5.74) is 0.341. The molecular weight excluding hydrogens is 464 g/mol. The molecule has 33 heavy (non-hydrogen) atoms. The third-order valence-electron chi connectivity index (χ3n) is 6.20. The van der Waals surface area contributed by atoms with Gasteiger partial charge >= 0.3 is 0 Å². The summed E-state index contributed by atoms with van der Waals surface area (Å²) in [7, 11) is -2.31. The smallest absolute Gasteiger partial charge is 0.254 e. The molecule has 8 nitrogen and oxygen atoms in total. The molecule has 0 atom stereocenters. The first-order valence-electron chi connectivity index (χ1n) is 11.2. The van der Waals surface area contributed by atoms with Crippen LogP contribution in [0.4, 0.5) is 5.82 Å². The summed E-state index contributed by atoms with van der Waals surface area (Å²) in [6, 6.07) is 8.24. The van der Waals surface area contributed by atoms with Gasteiger partial charge in [0.2, 0.25) is 10.0 Å². The SMILES string of the molecule is COc1ccc(C(=O)N2CCN(c3ncccc3Cl)CC2)cc1S(=O)(=O)N1CCCCCC1. The lowest BCUT2D eigenvalue weighted by molar-refractivity contribution is 0.0746. The molecule has 10 heteroatoms. The number of pyridine rings is 1. The number of halogens is 1. The number of carbonyl (C=O) groups excluding carboxylic acids is 1. The van der Waals surface area contributed by atoms with E-state index in [1.165, 1.54) is 17.5 Å². The standard InChI is InChI=1S/C23H29ClN4O4S/c1-32-20-9-8-18(17-21(20)33(30,31)28-11-4-2-3-5-12-28)23(29)27-15-13-26(14-16-27)22-19(24)7-6-10-25-22/h6-10,17H,2-5,11-16H2,1H3. The molecule has 178 valence electrons. The maximum absolute atomic E-state index is 13.4. The van der Waals surface area contributed by atoms with Gasteiger partial charge in [0.15, 0.2) is 0 Å². The number of benzene rings is 1. The van der Waals surface area contributed by atoms with Gasteiger partial charge in [0.05, 0.1) is 12.1 Å². The number of anilines is 1. The highest BCUT2D eigenvalue weighted by molar-refractivity contribution is 7.89. The summed E-state index contributed by atoms with van der Waals surface area (Å²) in [6.45, 7) is 3.15. The van der Waals surface area contributed by atoms with Gasteiger partial charge in [-0.25, -0.2) is 13.4 Å². The summed E-state index contributed by atoms with van der Waals surface area (Å²) in [6.07, 6.45) is 5.42. The average Bonchev–Trinajstić information content (AvgIpc) is 3.14. The molecule has 1 aromatic heterocycles. The van der Waals surface area contributed by atoms with E-state index in [1.807, 2.05) is 0 Å². The summed E-state index contributed by atoms with van der Waals surface area (Å²) in [5, 5.41) is 0.579. The Labute approximate surface area is 200 Å². The molecule has 0 radical (unpaired) electrons. The van der Waals surface area contributed by atoms with Gasteiger partial charge in [-0.3, -0.25) is 4.79 Å². The van der Waals surface area contributed by atoms with Crippen molar-refractivity contribution in [3.8, 4) is 5.75 Å². The third-order valence-corrected chi connectivity index (χ3v) is 8.41. The molecule has 2 aliphatic heterocycles. The highest BCUT2D eigenvalue weighted by Gasteiger charge is 2.30. The molecule has 1 amide bonds. The van der Waals surface area contributed by atoms with Crippen molar-refractivity contribution in [2.75, 3.05) is 51.3 Å². The second-order valence-corrected chi connectivity index (χ2v) is 10.6. The maximum atomic E-state index is 13.4. The van der Waals surface area contributed by atoms with Crippen molar-refractivity contribution < 1.29 is 17.9 Å². The first-order valence-corrected chi connectivity index (χ1v) is 13.1.